The summed E-state index contributed by atoms with van der Waals surface area (Å²) in [4.78, 5) is 10.8. The predicted octanol–water partition coefficient (Wildman–Crippen LogP) is -0.0520. The lowest BCUT2D eigenvalue weighted by Gasteiger charge is -2.21. The summed E-state index contributed by atoms with van der Waals surface area (Å²) < 4.78 is 30.7. The highest BCUT2D eigenvalue weighted by molar-refractivity contribution is 7.89. The maximum absolute atomic E-state index is 11.7. The first-order valence-electron chi connectivity index (χ1n) is 5.09. The van der Waals surface area contributed by atoms with E-state index in [0.29, 0.717) is 13.0 Å². The minimum Gasteiger partial charge on any atom is -0.480 e. The van der Waals surface area contributed by atoms with Crippen LogP contribution in [-0.2, 0) is 19.6 Å². The number of ether oxygens (including phenoxy) is 1. The Balaban J connectivity index is 2.60. The first-order valence-corrected chi connectivity index (χ1v) is 6.75. The van der Waals surface area contributed by atoms with Gasteiger partial charge >= 0.3 is 5.97 Å². The summed E-state index contributed by atoms with van der Waals surface area (Å²) in [6.07, 6.45) is 1.23. The molecule has 1 aliphatic heterocycles. The molecular formula is C9H17NO5S. The van der Waals surface area contributed by atoms with Crippen molar-refractivity contribution in [2.24, 2.45) is 0 Å². The van der Waals surface area contributed by atoms with E-state index in [9.17, 15) is 13.2 Å². The monoisotopic (exact) mass is 251 g/mol. The van der Waals surface area contributed by atoms with Crippen molar-refractivity contribution in [2.75, 3.05) is 12.4 Å². The highest BCUT2D eigenvalue weighted by Gasteiger charge is 2.34. The third kappa shape index (κ3) is 3.73. The minimum absolute atomic E-state index is 0.177. The number of rotatable bonds is 5. The molecule has 6 nitrogen and oxygen atoms in total. The molecule has 1 aliphatic rings. The third-order valence-corrected chi connectivity index (χ3v) is 4.01. The van der Waals surface area contributed by atoms with Gasteiger partial charge in [0.15, 0.2) is 0 Å². The van der Waals surface area contributed by atoms with Gasteiger partial charge in [-0.2, -0.15) is 4.72 Å². The molecule has 1 heterocycles. The van der Waals surface area contributed by atoms with Gasteiger partial charge in [-0.05, 0) is 26.7 Å². The van der Waals surface area contributed by atoms with E-state index in [0.717, 1.165) is 6.42 Å². The maximum Gasteiger partial charge on any atom is 0.324 e. The summed E-state index contributed by atoms with van der Waals surface area (Å²) in [5.74, 6) is -1.38. The highest BCUT2D eigenvalue weighted by atomic mass is 32.2. The minimum atomic E-state index is -3.62. The standard InChI is InChI=1S/C9H17NO5S/c1-9(2,8(11)12)10-16(13,14)6-7-4-3-5-15-7/h7,10H,3-6H2,1-2H3,(H,11,12). The van der Waals surface area contributed by atoms with Gasteiger partial charge < -0.3 is 9.84 Å². The van der Waals surface area contributed by atoms with E-state index >= 15 is 0 Å². The number of hydrogen-bond acceptors (Lipinski definition) is 4. The van der Waals surface area contributed by atoms with Crippen LogP contribution in [-0.4, -0.2) is 43.5 Å². The summed E-state index contributed by atoms with van der Waals surface area (Å²) in [6.45, 7) is 3.19. The van der Waals surface area contributed by atoms with Crippen molar-refractivity contribution < 1.29 is 23.1 Å². The Bertz CT molecular complexity index is 356. The molecule has 1 fully saturated rings. The molecule has 0 aromatic heterocycles. The van der Waals surface area contributed by atoms with E-state index in [4.69, 9.17) is 9.84 Å². The first kappa shape index (κ1) is 13.4. The molecule has 2 N–H and O–H groups in total. The topological polar surface area (TPSA) is 92.7 Å². The summed E-state index contributed by atoms with van der Waals surface area (Å²) >= 11 is 0. The predicted molar refractivity (Wildman–Crippen MR) is 57.6 cm³/mol. The van der Waals surface area contributed by atoms with Gasteiger partial charge in [0.25, 0.3) is 0 Å². The van der Waals surface area contributed by atoms with Crippen LogP contribution >= 0.6 is 0 Å². The number of carboxylic acid groups (broad SMARTS) is 1. The average molecular weight is 251 g/mol. The zero-order valence-electron chi connectivity index (χ0n) is 9.39. The zero-order valence-corrected chi connectivity index (χ0v) is 10.2. The van der Waals surface area contributed by atoms with Crippen LogP contribution in [0.5, 0.6) is 0 Å². The molecule has 1 unspecified atom stereocenters. The second-order valence-electron chi connectivity index (χ2n) is 4.45. The third-order valence-electron chi connectivity index (χ3n) is 2.37. The van der Waals surface area contributed by atoms with Gasteiger partial charge in [0.1, 0.15) is 5.54 Å². The number of sulfonamides is 1. The second kappa shape index (κ2) is 4.68. The van der Waals surface area contributed by atoms with E-state index < -0.39 is 21.5 Å². The molecule has 94 valence electrons. The Hall–Kier alpha value is -0.660. The lowest BCUT2D eigenvalue weighted by atomic mass is 10.1. The van der Waals surface area contributed by atoms with Crippen molar-refractivity contribution in [3.63, 3.8) is 0 Å². The Morgan fingerprint density at radius 1 is 1.56 bits per heavy atom. The van der Waals surface area contributed by atoms with Crippen molar-refractivity contribution in [1.29, 1.82) is 0 Å². The lowest BCUT2D eigenvalue weighted by molar-refractivity contribution is -0.142. The Morgan fingerprint density at radius 3 is 2.62 bits per heavy atom. The van der Waals surface area contributed by atoms with E-state index in [-0.39, 0.29) is 11.9 Å². The fourth-order valence-electron chi connectivity index (χ4n) is 1.49. The van der Waals surface area contributed by atoms with E-state index in [1.807, 2.05) is 0 Å². The Kier molecular flexibility index (Phi) is 3.92. The van der Waals surface area contributed by atoms with Gasteiger partial charge in [-0.1, -0.05) is 0 Å². The molecule has 16 heavy (non-hydrogen) atoms. The van der Waals surface area contributed by atoms with Crippen molar-refractivity contribution in [3.05, 3.63) is 0 Å². The quantitative estimate of drug-likeness (QED) is 0.714. The molecule has 0 saturated carbocycles. The lowest BCUT2D eigenvalue weighted by Crippen LogP contribution is -2.51. The SMILES string of the molecule is CC(C)(NS(=O)(=O)CC1CCCO1)C(=O)O. The second-order valence-corrected chi connectivity index (χ2v) is 6.22. The van der Waals surface area contributed by atoms with Crippen molar-refractivity contribution in [2.45, 2.75) is 38.3 Å². The molecule has 1 atom stereocenters. The van der Waals surface area contributed by atoms with Crippen molar-refractivity contribution in [1.82, 2.24) is 4.72 Å². The smallest absolute Gasteiger partial charge is 0.324 e. The molecule has 0 spiro atoms. The molecule has 0 radical (unpaired) electrons. The molecule has 0 aromatic rings. The number of carboxylic acids is 1. The van der Waals surface area contributed by atoms with Crippen LogP contribution in [0, 0.1) is 0 Å². The Labute approximate surface area is 95.0 Å². The van der Waals surface area contributed by atoms with Crippen LogP contribution in [0.25, 0.3) is 0 Å². The molecule has 7 heteroatoms. The first-order chi connectivity index (χ1) is 7.23. The average Bonchev–Trinajstić information content (AvgIpc) is 2.52. The molecular weight excluding hydrogens is 234 g/mol. The van der Waals surface area contributed by atoms with Crippen LogP contribution in [0.3, 0.4) is 0 Å². The van der Waals surface area contributed by atoms with Gasteiger partial charge in [0.2, 0.25) is 10.0 Å². The van der Waals surface area contributed by atoms with Crippen LogP contribution in [0.4, 0.5) is 0 Å². The number of nitrogens with one attached hydrogen (secondary N) is 1. The van der Waals surface area contributed by atoms with Crippen molar-refractivity contribution >= 4 is 16.0 Å². The van der Waals surface area contributed by atoms with Crippen LogP contribution in [0.15, 0.2) is 0 Å². The number of carbonyl (C=O) groups is 1. The van der Waals surface area contributed by atoms with Crippen LogP contribution in [0.1, 0.15) is 26.7 Å². The van der Waals surface area contributed by atoms with E-state index in [2.05, 4.69) is 4.72 Å². The van der Waals surface area contributed by atoms with E-state index in [1.165, 1.54) is 13.8 Å². The van der Waals surface area contributed by atoms with Crippen molar-refractivity contribution in [3.8, 4) is 0 Å². The van der Waals surface area contributed by atoms with Gasteiger partial charge in [-0.3, -0.25) is 4.79 Å². The summed E-state index contributed by atoms with van der Waals surface area (Å²) in [5.41, 5.74) is -1.49. The van der Waals surface area contributed by atoms with Crippen LogP contribution < -0.4 is 4.72 Å². The summed E-state index contributed by atoms with van der Waals surface area (Å²) in [6, 6.07) is 0. The summed E-state index contributed by atoms with van der Waals surface area (Å²) in [5, 5.41) is 8.81. The molecule has 1 rings (SSSR count). The molecule has 0 amide bonds. The fraction of sp³-hybridized carbons (Fsp3) is 0.889. The van der Waals surface area contributed by atoms with Gasteiger partial charge in [0.05, 0.1) is 11.9 Å². The highest BCUT2D eigenvalue weighted by Crippen LogP contribution is 2.14. The molecule has 0 aliphatic carbocycles. The van der Waals surface area contributed by atoms with Gasteiger partial charge in [-0.25, -0.2) is 8.42 Å². The zero-order chi connectivity index (χ0) is 12.4. The van der Waals surface area contributed by atoms with E-state index in [1.54, 1.807) is 0 Å². The maximum atomic E-state index is 11.7. The molecule has 0 aromatic carbocycles. The fourth-order valence-corrected chi connectivity index (χ4v) is 3.20. The van der Waals surface area contributed by atoms with Gasteiger partial charge in [-0.15, -0.1) is 0 Å². The van der Waals surface area contributed by atoms with Crippen LogP contribution in [0.2, 0.25) is 0 Å². The number of aliphatic carboxylic acids is 1. The number of hydrogen-bond donors (Lipinski definition) is 2. The largest absolute Gasteiger partial charge is 0.480 e. The molecule has 0 bridgehead atoms. The molecule has 1 saturated heterocycles. The van der Waals surface area contributed by atoms with Gasteiger partial charge in [0, 0.05) is 6.61 Å². The summed E-state index contributed by atoms with van der Waals surface area (Å²) in [7, 11) is -3.62. The Morgan fingerprint density at radius 2 is 2.19 bits per heavy atom. The normalized spacial score (nSPS) is 22.2.